The minimum Gasteiger partial charge on any atom is -0.414 e. The summed E-state index contributed by atoms with van der Waals surface area (Å²) >= 11 is 12.4. The van der Waals surface area contributed by atoms with E-state index in [4.69, 9.17) is 27.6 Å². The lowest BCUT2D eigenvalue weighted by Crippen LogP contribution is -2.46. The molecule has 4 heterocycles. The number of pyridine rings is 1. The van der Waals surface area contributed by atoms with Crippen molar-refractivity contribution in [1.29, 1.82) is 0 Å². The van der Waals surface area contributed by atoms with Crippen LogP contribution in [0, 0.1) is 0 Å². The Hall–Kier alpha value is -2.41. The van der Waals surface area contributed by atoms with Gasteiger partial charge in [-0.3, -0.25) is 9.88 Å². The Morgan fingerprint density at radius 1 is 1.20 bits per heavy atom. The number of halogens is 5. The first-order valence-corrected chi connectivity index (χ1v) is 16.5. The molecule has 1 aliphatic heterocycles. The summed E-state index contributed by atoms with van der Waals surface area (Å²) in [6.07, 6.45) is -0.721. The van der Waals surface area contributed by atoms with E-state index in [-0.39, 0.29) is 39.0 Å². The predicted octanol–water partition coefficient (Wildman–Crippen LogP) is 7.65. The van der Waals surface area contributed by atoms with E-state index in [1.807, 2.05) is 6.92 Å². The fourth-order valence-corrected chi connectivity index (χ4v) is 6.39. The summed E-state index contributed by atoms with van der Waals surface area (Å²) in [5.74, 6) is 0. The Bertz CT molecular complexity index is 1440. The molecule has 1 aliphatic rings. The highest BCUT2D eigenvalue weighted by atomic mass is 35.5. The highest BCUT2D eigenvalue weighted by Gasteiger charge is 2.60. The molecule has 3 aromatic rings. The number of carbonyl (C=O) groups excluding carboxylic acids is 1. The molecule has 0 aromatic carbocycles. The van der Waals surface area contributed by atoms with Crippen molar-refractivity contribution in [3.05, 3.63) is 46.1 Å². The summed E-state index contributed by atoms with van der Waals surface area (Å²) in [7, 11) is -1.91. The molecule has 0 radical (unpaired) electrons. The van der Waals surface area contributed by atoms with Crippen molar-refractivity contribution in [3.8, 4) is 0 Å². The van der Waals surface area contributed by atoms with Crippen LogP contribution in [-0.2, 0) is 16.3 Å². The summed E-state index contributed by atoms with van der Waals surface area (Å²) < 4.78 is 50.4. The van der Waals surface area contributed by atoms with Gasteiger partial charge in [0.25, 0.3) is 0 Å². The van der Waals surface area contributed by atoms with Crippen LogP contribution in [0.5, 0.6) is 0 Å². The van der Waals surface area contributed by atoms with E-state index in [9.17, 15) is 18.0 Å². The molecule has 0 saturated carbocycles. The van der Waals surface area contributed by atoms with Gasteiger partial charge in [-0.1, -0.05) is 44.0 Å². The Balaban J connectivity index is 1.50. The number of urea groups is 1. The van der Waals surface area contributed by atoms with Gasteiger partial charge in [0, 0.05) is 18.7 Å². The first-order valence-electron chi connectivity index (χ1n) is 12.9. The molecule has 1 N–H and O–H groups in total. The third-order valence-corrected chi connectivity index (χ3v) is 13.0. The number of rotatable bonds is 6. The van der Waals surface area contributed by atoms with Crippen LogP contribution in [-0.4, -0.2) is 52.8 Å². The Labute approximate surface area is 242 Å². The lowest BCUT2D eigenvalue weighted by Gasteiger charge is -2.38. The molecule has 0 saturated heterocycles. The second-order valence-electron chi connectivity index (χ2n) is 12.0. The molecule has 14 heteroatoms. The van der Waals surface area contributed by atoms with Gasteiger partial charge < -0.3 is 9.74 Å². The largest absolute Gasteiger partial charge is 0.414 e. The maximum atomic E-state index is 14.3. The van der Waals surface area contributed by atoms with Crippen molar-refractivity contribution >= 4 is 54.6 Å². The Morgan fingerprint density at radius 2 is 1.88 bits per heavy atom. The molecule has 0 aliphatic carbocycles. The molecule has 40 heavy (non-hydrogen) atoms. The fourth-order valence-electron chi connectivity index (χ4n) is 4.48. The number of nitrogens with one attached hydrogen (secondary N) is 1. The number of fused-ring (bicyclic) bond motifs is 3. The minimum absolute atomic E-state index is 0.00456. The smallest absolute Gasteiger partial charge is 0.401 e. The van der Waals surface area contributed by atoms with Crippen molar-refractivity contribution in [2.45, 2.75) is 83.3 Å². The van der Waals surface area contributed by atoms with Crippen LogP contribution in [0.4, 0.5) is 29.3 Å². The van der Waals surface area contributed by atoms with E-state index >= 15 is 0 Å². The lowest BCUT2D eigenvalue weighted by molar-refractivity contribution is -0.181. The molecule has 3 aromatic heterocycles. The highest BCUT2D eigenvalue weighted by molar-refractivity contribution is 6.74. The molecule has 218 valence electrons. The Morgan fingerprint density at radius 3 is 2.48 bits per heavy atom. The molecule has 4 rings (SSSR count). The molecular weight excluding hydrogens is 584 g/mol. The van der Waals surface area contributed by atoms with Crippen LogP contribution in [0.25, 0.3) is 5.65 Å². The number of amides is 2. The van der Waals surface area contributed by atoms with Crippen LogP contribution < -0.4 is 10.2 Å². The van der Waals surface area contributed by atoms with Gasteiger partial charge in [-0.25, -0.2) is 14.3 Å². The number of hydrogen-bond donors (Lipinski definition) is 1. The predicted molar refractivity (Wildman–Crippen MR) is 153 cm³/mol. The molecule has 8 nitrogen and oxygen atoms in total. The molecule has 0 spiro atoms. The van der Waals surface area contributed by atoms with Gasteiger partial charge in [0.15, 0.2) is 19.1 Å². The average molecular weight is 618 g/mol. The maximum absolute atomic E-state index is 14.3. The topological polar surface area (TPSA) is 84.7 Å². The molecular formula is C26H33Cl2F3N6O2Si. The average Bonchev–Trinajstić information content (AvgIpc) is 3.34. The Kier molecular flexibility index (Phi) is 7.98. The second-order valence-corrected chi connectivity index (χ2v) is 17.5. The summed E-state index contributed by atoms with van der Waals surface area (Å²) in [5.41, 5.74) is -1.59. The number of aryl methyl sites for hydroxylation is 1. The normalized spacial score (nSPS) is 18.8. The van der Waals surface area contributed by atoms with Gasteiger partial charge >= 0.3 is 12.2 Å². The number of nitrogens with zero attached hydrogens (tertiary/aromatic N) is 5. The van der Waals surface area contributed by atoms with Crippen LogP contribution in [0.2, 0.25) is 28.3 Å². The van der Waals surface area contributed by atoms with Crippen molar-refractivity contribution in [1.82, 2.24) is 19.6 Å². The highest BCUT2D eigenvalue weighted by Crippen LogP contribution is 2.50. The first-order chi connectivity index (χ1) is 18.3. The third kappa shape index (κ3) is 5.68. The van der Waals surface area contributed by atoms with Gasteiger partial charge in [0.05, 0.1) is 40.2 Å². The summed E-state index contributed by atoms with van der Waals surface area (Å²) in [4.78, 5) is 22.8. The van der Waals surface area contributed by atoms with Gasteiger partial charge in [-0.2, -0.15) is 18.3 Å². The molecule has 2 amide bonds. The van der Waals surface area contributed by atoms with Crippen LogP contribution in [0.15, 0.2) is 24.5 Å². The minimum atomic E-state index is -4.68. The summed E-state index contributed by atoms with van der Waals surface area (Å²) in [6.45, 7) is 13.4. The number of anilines is 2. The fraction of sp³-hybridized carbons (Fsp3) is 0.538. The number of hydrogen-bond acceptors (Lipinski definition) is 5. The number of carbonyl (C=O) groups is 1. The van der Waals surface area contributed by atoms with Gasteiger partial charge in [-0.15, -0.1) is 0 Å². The standard InChI is InChI=1S/C26H33Cl2F3N6O2Si/c1-15(39-40(6,7)24(2,3)4)8-9-18-17(27)10-16(12-32-18)34-23(38)36-14-25(5,26(29,30)31)22-19(36)13-33-21-11-20(28)35-37(21)22/h10-13,15H,8-9,14H2,1-7H3,(H,34,38)/t15-,25+/m0/s1. The third-order valence-electron chi connectivity index (χ3n) is 7.85. The second kappa shape index (κ2) is 10.5. The molecule has 2 atom stereocenters. The first kappa shape index (κ1) is 30.5. The summed E-state index contributed by atoms with van der Waals surface area (Å²) in [5, 5.41) is 7.03. The van der Waals surface area contributed by atoms with Crippen molar-refractivity contribution in [2.24, 2.45) is 0 Å². The number of alkyl halides is 3. The molecule has 0 fully saturated rings. The lowest BCUT2D eigenvalue weighted by atomic mass is 9.88. The van der Waals surface area contributed by atoms with E-state index < -0.39 is 32.5 Å². The van der Waals surface area contributed by atoms with E-state index in [2.05, 4.69) is 54.2 Å². The zero-order chi connectivity index (χ0) is 29.8. The van der Waals surface area contributed by atoms with Crippen LogP contribution in [0.3, 0.4) is 0 Å². The van der Waals surface area contributed by atoms with Crippen LogP contribution in [0.1, 0.15) is 52.4 Å². The maximum Gasteiger partial charge on any atom is 0.401 e. The quantitative estimate of drug-likeness (QED) is 0.288. The molecule has 0 bridgehead atoms. The monoisotopic (exact) mass is 616 g/mol. The van der Waals surface area contributed by atoms with E-state index in [0.717, 1.165) is 16.3 Å². The number of aromatic nitrogens is 4. The van der Waals surface area contributed by atoms with Gasteiger partial charge in [-0.05, 0) is 50.9 Å². The SMILES string of the molecule is C[C@@H](CCc1ncc(NC(=O)N2C[C@@](C)(C(F)(F)F)c3c2cnc2cc(Cl)nn32)cc1Cl)O[Si](C)(C)C(C)(C)C. The van der Waals surface area contributed by atoms with Gasteiger partial charge in [0.2, 0.25) is 0 Å². The van der Waals surface area contributed by atoms with E-state index in [1.165, 1.54) is 24.5 Å². The van der Waals surface area contributed by atoms with Gasteiger partial charge in [0.1, 0.15) is 5.41 Å². The zero-order valence-corrected chi connectivity index (χ0v) is 26.0. The van der Waals surface area contributed by atoms with Crippen molar-refractivity contribution in [2.75, 3.05) is 16.8 Å². The van der Waals surface area contributed by atoms with Crippen molar-refractivity contribution < 1.29 is 22.4 Å². The summed E-state index contributed by atoms with van der Waals surface area (Å²) in [6, 6.07) is 2.11. The van der Waals surface area contributed by atoms with Crippen LogP contribution >= 0.6 is 23.2 Å². The van der Waals surface area contributed by atoms with E-state index in [0.29, 0.717) is 23.6 Å². The zero-order valence-electron chi connectivity index (χ0n) is 23.5. The van der Waals surface area contributed by atoms with Crippen molar-refractivity contribution in [3.63, 3.8) is 0 Å². The van der Waals surface area contributed by atoms with E-state index in [1.54, 1.807) is 0 Å². The molecule has 0 unspecified atom stereocenters.